The zero-order valence-corrected chi connectivity index (χ0v) is 20.1. The highest BCUT2D eigenvalue weighted by Gasteiger charge is 2.23. The van der Waals surface area contributed by atoms with Gasteiger partial charge in [0.15, 0.2) is 11.8 Å². The number of fused-ring (bicyclic) bond motifs is 1. The minimum absolute atomic E-state index is 0.192. The predicted octanol–water partition coefficient (Wildman–Crippen LogP) is 1.80. The number of guanidine groups is 1. The van der Waals surface area contributed by atoms with E-state index in [1.807, 2.05) is 32.4 Å². The van der Waals surface area contributed by atoms with Gasteiger partial charge in [-0.05, 0) is 40.0 Å². The lowest BCUT2D eigenvalue weighted by Crippen LogP contribution is -2.47. The first kappa shape index (κ1) is 24.9. The van der Waals surface area contributed by atoms with Crippen LogP contribution in [0.1, 0.15) is 52.7 Å². The first-order chi connectivity index (χ1) is 14.6. The van der Waals surface area contributed by atoms with Crippen LogP contribution in [0.15, 0.2) is 4.99 Å². The van der Waals surface area contributed by atoms with Gasteiger partial charge < -0.3 is 25.0 Å². The van der Waals surface area contributed by atoms with Gasteiger partial charge in [0.25, 0.3) is 0 Å². The van der Waals surface area contributed by atoms with Crippen molar-refractivity contribution >= 4 is 12.1 Å². The van der Waals surface area contributed by atoms with E-state index in [1.165, 1.54) is 0 Å². The van der Waals surface area contributed by atoms with Crippen molar-refractivity contribution in [1.29, 1.82) is 0 Å². The molecular formula is C21H39N7O3. The molecule has 10 nitrogen and oxygen atoms in total. The van der Waals surface area contributed by atoms with Gasteiger partial charge in [-0.1, -0.05) is 6.92 Å². The molecule has 2 unspecified atom stereocenters. The Morgan fingerprint density at radius 2 is 2.16 bits per heavy atom. The molecule has 1 aromatic heterocycles. The van der Waals surface area contributed by atoms with E-state index in [0.717, 1.165) is 43.5 Å². The van der Waals surface area contributed by atoms with Crippen LogP contribution in [0.25, 0.3) is 0 Å². The van der Waals surface area contributed by atoms with Crippen molar-refractivity contribution in [3.05, 3.63) is 11.6 Å². The largest absolute Gasteiger partial charge is 0.444 e. The Morgan fingerprint density at radius 1 is 1.42 bits per heavy atom. The summed E-state index contributed by atoms with van der Waals surface area (Å²) < 4.78 is 12.5. The highest BCUT2D eigenvalue weighted by molar-refractivity contribution is 5.80. The van der Waals surface area contributed by atoms with Gasteiger partial charge in [-0.3, -0.25) is 4.99 Å². The normalized spacial score (nSPS) is 17.6. The van der Waals surface area contributed by atoms with Crippen molar-refractivity contribution in [1.82, 2.24) is 30.3 Å². The van der Waals surface area contributed by atoms with Crippen LogP contribution < -0.4 is 10.6 Å². The molecule has 0 bridgehead atoms. The molecule has 2 N–H and O–H groups in total. The third-order valence-corrected chi connectivity index (χ3v) is 4.71. The van der Waals surface area contributed by atoms with E-state index in [0.29, 0.717) is 19.7 Å². The number of carbonyl (C=O) groups is 1. The van der Waals surface area contributed by atoms with Crippen molar-refractivity contribution in [2.45, 2.75) is 72.3 Å². The van der Waals surface area contributed by atoms with Crippen LogP contribution in [0.2, 0.25) is 0 Å². The van der Waals surface area contributed by atoms with Crippen LogP contribution in [0.3, 0.4) is 0 Å². The molecule has 2 heterocycles. The van der Waals surface area contributed by atoms with Gasteiger partial charge in [-0.15, -0.1) is 0 Å². The number of hydrogen-bond donors (Lipinski definition) is 2. The number of ether oxygens (including phenoxy) is 2. The minimum atomic E-state index is -0.497. The van der Waals surface area contributed by atoms with E-state index >= 15 is 0 Å². The highest BCUT2D eigenvalue weighted by atomic mass is 16.6. The van der Waals surface area contributed by atoms with E-state index in [2.05, 4.69) is 27.6 Å². The molecule has 2 rings (SSSR count). The van der Waals surface area contributed by atoms with Crippen molar-refractivity contribution in [2.75, 3.05) is 33.8 Å². The summed E-state index contributed by atoms with van der Waals surface area (Å²) in [7, 11) is 3.41. The summed E-state index contributed by atoms with van der Waals surface area (Å²) in [5.41, 5.74) is -0.497. The second-order valence-electron chi connectivity index (χ2n) is 9.12. The molecule has 1 aromatic rings. The van der Waals surface area contributed by atoms with Crippen LogP contribution >= 0.6 is 0 Å². The lowest BCUT2D eigenvalue weighted by atomic mass is 10.1. The number of aromatic nitrogens is 3. The Bertz CT molecular complexity index is 742. The van der Waals surface area contributed by atoms with Crippen molar-refractivity contribution in [3.63, 3.8) is 0 Å². The number of amides is 1. The average Bonchev–Trinajstić information content (AvgIpc) is 3.07. The van der Waals surface area contributed by atoms with Crippen LogP contribution in [0, 0.1) is 5.92 Å². The molecule has 0 aliphatic carbocycles. The van der Waals surface area contributed by atoms with Gasteiger partial charge in [0, 0.05) is 46.3 Å². The lowest BCUT2D eigenvalue weighted by Gasteiger charge is -2.27. The molecule has 0 aromatic carbocycles. The summed E-state index contributed by atoms with van der Waals surface area (Å²) in [5, 5.41) is 11.3. The summed E-state index contributed by atoms with van der Waals surface area (Å²) in [6.07, 6.45) is 1.52. The summed E-state index contributed by atoms with van der Waals surface area (Å²) in [5.74, 6) is 2.70. The topological polar surface area (TPSA) is 106 Å². The van der Waals surface area contributed by atoms with E-state index < -0.39 is 5.60 Å². The van der Waals surface area contributed by atoms with Gasteiger partial charge in [-0.25, -0.2) is 14.5 Å². The fourth-order valence-electron chi connectivity index (χ4n) is 3.37. The minimum Gasteiger partial charge on any atom is -0.444 e. The Labute approximate surface area is 185 Å². The number of methoxy groups -OCH3 is 1. The predicted molar refractivity (Wildman–Crippen MR) is 120 cm³/mol. The third-order valence-electron chi connectivity index (χ3n) is 4.71. The van der Waals surface area contributed by atoms with Crippen molar-refractivity contribution in [2.24, 2.45) is 10.9 Å². The van der Waals surface area contributed by atoms with Crippen LogP contribution in [-0.4, -0.2) is 77.2 Å². The highest BCUT2D eigenvalue weighted by Crippen LogP contribution is 2.14. The molecular weight excluding hydrogens is 398 g/mol. The van der Waals surface area contributed by atoms with Crippen LogP contribution in [-0.2, 0) is 29.0 Å². The van der Waals surface area contributed by atoms with E-state index in [1.54, 1.807) is 19.1 Å². The Balaban J connectivity index is 1.89. The molecule has 176 valence electrons. The maximum absolute atomic E-state index is 12.2. The summed E-state index contributed by atoms with van der Waals surface area (Å²) in [6, 6.07) is 0.224. The maximum atomic E-state index is 12.2. The van der Waals surface area contributed by atoms with Gasteiger partial charge in [-0.2, -0.15) is 5.10 Å². The van der Waals surface area contributed by atoms with Gasteiger partial charge in [0.1, 0.15) is 18.0 Å². The molecule has 0 fully saturated rings. The molecule has 31 heavy (non-hydrogen) atoms. The SMILES string of the molecule is CCNC(=NCC(C)CN(C)C(=O)OC(C)(C)C)NC1CCc2nc(COC)nn2C1. The molecule has 0 saturated carbocycles. The van der Waals surface area contributed by atoms with E-state index in [4.69, 9.17) is 14.5 Å². The Morgan fingerprint density at radius 3 is 2.81 bits per heavy atom. The lowest BCUT2D eigenvalue weighted by molar-refractivity contribution is 0.0279. The standard InChI is InChI=1S/C21H39N7O3/c1-8-22-19(23-11-15(2)12-27(6)20(29)31-21(3,4)5)24-16-9-10-18-25-17(14-30-7)26-28(18)13-16/h15-16H,8-14H2,1-7H3,(H2,22,23,24). The molecule has 10 heteroatoms. The van der Waals surface area contributed by atoms with Crippen molar-refractivity contribution < 1.29 is 14.3 Å². The van der Waals surface area contributed by atoms with E-state index in [9.17, 15) is 4.79 Å². The number of nitrogens with zero attached hydrogens (tertiary/aromatic N) is 5. The number of hydrogen-bond acceptors (Lipinski definition) is 6. The first-order valence-electron chi connectivity index (χ1n) is 11.0. The number of aryl methyl sites for hydroxylation is 1. The van der Waals surface area contributed by atoms with Crippen LogP contribution in [0.5, 0.6) is 0 Å². The fraction of sp³-hybridized carbons (Fsp3) is 0.810. The van der Waals surface area contributed by atoms with Gasteiger partial charge >= 0.3 is 6.09 Å². The monoisotopic (exact) mass is 437 g/mol. The zero-order valence-electron chi connectivity index (χ0n) is 20.1. The number of aliphatic imine (C=N–C) groups is 1. The maximum Gasteiger partial charge on any atom is 0.410 e. The fourth-order valence-corrected chi connectivity index (χ4v) is 3.37. The second-order valence-corrected chi connectivity index (χ2v) is 9.12. The number of nitrogens with one attached hydrogen (secondary N) is 2. The summed E-state index contributed by atoms with van der Waals surface area (Å²) in [4.78, 5) is 23.0. The number of carbonyl (C=O) groups excluding carboxylic acids is 1. The molecule has 1 aliphatic heterocycles. The Hall–Kier alpha value is -2.36. The van der Waals surface area contributed by atoms with E-state index in [-0.39, 0.29) is 18.1 Å². The molecule has 1 aliphatic rings. The molecule has 0 spiro atoms. The summed E-state index contributed by atoms with van der Waals surface area (Å²) >= 11 is 0. The molecule has 0 saturated heterocycles. The molecule has 0 radical (unpaired) electrons. The Kier molecular flexibility index (Phi) is 9.09. The van der Waals surface area contributed by atoms with Crippen LogP contribution in [0.4, 0.5) is 4.79 Å². The quantitative estimate of drug-likeness (QED) is 0.472. The average molecular weight is 438 g/mol. The third kappa shape index (κ3) is 8.35. The molecule has 2 atom stereocenters. The zero-order chi connectivity index (χ0) is 23.0. The van der Waals surface area contributed by atoms with Gasteiger partial charge in [0.05, 0.1) is 6.54 Å². The van der Waals surface area contributed by atoms with Gasteiger partial charge in [0.2, 0.25) is 0 Å². The summed E-state index contributed by atoms with van der Waals surface area (Å²) in [6.45, 7) is 12.8. The first-order valence-corrected chi connectivity index (χ1v) is 11.0. The number of rotatable bonds is 8. The van der Waals surface area contributed by atoms with Crippen molar-refractivity contribution in [3.8, 4) is 0 Å². The smallest absolute Gasteiger partial charge is 0.410 e. The second kappa shape index (κ2) is 11.3. The molecule has 1 amide bonds.